The Balaban J connectivity index is 1.68. The van der Waals surface area contributed by atoms with Crippen LogP contribution in [0.15, 0.2) is 78.1 Å². The van der Waals surface area contributed by atoms with Gasteiger partial charge in [0.05, 0.1) is 38.5 Å². The van der Waals surface area contributed by atoms with Crippen LogP contribution in [0, 0.1) is 0 Å². The number of hydrogen-bond donors (Lipinski definition) is 2. The molecule has 5 rings (SSSR count). The number of amides is 1. The Morgan fingerprint density at radius 3 is 2.28 bits per heavy atom. The Kier molecular flexibility index (Phi) is 8.47. The van der Waals surface area contributed by atoms with Crippen LogP contribution in [0.4, 0.5) is 11.4 Å². The van der Waals surface area contributed by atoms with Crippen molar-refractivity contribution in [1.82, 2.24) is 0 Å². The number of rotatable bonds is 8. The van der Waals surface area contributed by atoms with Gasteiger partial charge >= 0.3 is 5.97 Å². The summed E-state index contributed by atoms with van der Waals surface area (Å²) in [5, 5.41) is 23.1. The van der Waals surface area contributed by atoms with Crippen LogP contribution in [0.5, 0.6) is 11.5 Å². The van der Waals surface area contributed by atoms with Gasteiger partial charge in [-0.2, -0.15) is 0 Å². The zero-order valence-corrected chi connectivity index (χ0v) is 24.1. The van der Waals surface area contributed by atoms with Crippen molar-refractivity contribution in [2.24, 2.45) is 0 Å². The molecule has 10 nitrogen and oxygen atoms in total. The maximum absolute atomic E-state index is 13.8. The fourth-order valence-corrected chi connectivity index (χ4v) is 5.79. The largest absolute Gasteiger partial charge is 0.550 e. The van der Waals surface area contributed by atoms with E-state index in [0.29, 0.717) is 51.7 Å². The molecule has 43 heavy (non-hydrogen) atoms. The lowest BCUT2D eigenvalue weighted by Gasteiger charge is -2.34. The van der Waals surface area contributed by atoms with Gasteiger partial charge in [0.15, 0.2) is 17.2 Å². The minimum absolute atomic E-state index is 0.0843. The fourth-order valence-electron chi connectivity index (χ4n) is 5.79. The number of hydrogen-bond acceptors (Lipinski definition) is 8. The van der Waals surface area contributed by atoms with Gasteiger partial charge in [0.1, 0.15) is 11.4 Å². The molecular weight excluding hydrogens is 552 g/mol. The summed E-state index contributed by atoms with van der Waals surface area (Å²) in [6, 6.07) is 18.7. The summed E-state index contributed by atoms with van der Waals surface area (Å²) in [6.07, 6.45) is 0.0259. The van der Waals surface area contributed by atoms with Crippen molar-refractivity contribution in [3.8, 4) is 11.5 Å². The van der Waals surface area contributed by atoms with Crippen LogP contribution < -0.4 is 24.5 Å². The number of para-hydroxylation sites is 2. The first kappa shape index (κ1) is 29.4. The summed E-state index contributed by atoms with van der Waals surface area (Å²) < 4.78 is 15.8. The first-order valence-corrected chi connectivity index (χ1v) is 13.8. The first-order valence-electron chi connectivity index (χ1n) is 13.8. The van der Waals surface area contributed by atoms with Gasteiger partial charge in [-0.15, -0.1) is 0 Å². The van der Waals surface area contributed by atoms with Gasteiger partial charge in [-0.05, 0) is 47.9 Å². The number of allylic oxidation sites excluding steroid dienone is 1. The minimum Gasteiger partial charge on any atom is -0.550 e. The Morgan fingerprint density at radius 2 is 1.60 bits per heavy atom. The van der Waals surface area contributed by atoms with E-state index in [-0.39, 0.29) is 24.5 Å². The Hall–Kier alpha value is -5.12. The summed E-state index contributed by atoms with van der Waals surface area (Å²) in [5.74, 6) is -1.17. The summed E-state index contributed by atoms with van der Waals surface area (Å²) in [6.45, 7) is 0. The molecule has 10 heteroatoms. The number of aliphatic hydroxyl groups is 1. The van der Waals surface area contributed by atoms with E-state index in [2.05, 4.69) is 4.99 Å². The van der Waals surface area contributed by atoms with Gasteiger partial charge in [-0.3, -0.25) is 9.69 Å². The molecule has 0 radical (unpaired) electrons. The number of aliphatic carboxylic acids is 1. The number of carboxylic acids is 1. The molecule has 3 aromatic carbocycles. The van der Waals surface area contributed by atoms with Crippen molar-refractivity contribution >= 4 is 34.9 Å². The Labute approximate surface area is 248 Å². The van der Waals surface area contributed by atoms with E-state index in [9.17, 15) is 24.6 Å². The molecular formula is C33H32N2O8. The highest BCUT2D eigenvalue weighted by atomic mass is 16.5. The predicted molar refractivity (Wildman–Crippen MR) is 155 cm³/mol. The molecule has 2 aliphatic rings. The molecule has 0 bridgehead atoms. The second-order valence-corrected chi connectivity index (χ2v) is 10.4. The number of nitrogens with one attached hydrogen (secondary N) is 1. The summed E-state index contributed by atoms with van der Waals surface area (Å²) in [7, 11) is 4.43. The lowest BCUT2D eigenvalue weighted by molar-refractivity contribution is -0.354. The number of benzene rings is 3. The van der Waals surface area contributed by atoms with Gasteiger partial charge < -0.3 is 29.2 Å². The average Bonchev–Trinajstić information content (AvgIpc) is 3.17. The van der Waals surface area contributed by atoms with Crippen molar-refractivity contribution in [2.45, 2.75) is 37.6 Å². The van der Waals surface area contributed by atoms with Crippen LogP contribution in [0.2, 0.25) is 0 Å². The number of carboxylic acid groups (broad SMARTS) is 1. The quantitative estimate of drug-likeness (QED) is 0.386. The lowest BCUT2D eigenvalue weighted by Crippen LogP contribution is -2.67. The van der Waals surface area contributed by atoms with Crippen molar-refractivity contribution in [3.63, 3.8) is 0 Å². The first-order chi connectivity index (χ1) is 20.7. The highest BCUT2D eigenvalue weighted by Crippen LogP contribution is 2.45. The maximum atomic E-state index is 13.8. The lowest BCUT2D eigenvalue weighted by atomic mass is 9.78. The number of anilines is 1. The molecule has 2 unspecified atom stereocenters. The predicted octanol–water partition coefficient (Wildman–Crippen LogP) is 2.65. The van der Waals surface area contributed by atoms with Gasteiger partial charge in [-0.25, -0.2) is 9.79 Å². The van der Waals surface area contributed by atoms with Gasteiger partial charge in [-0.1, -0.05) is 30.3 Å². The second-order valence-electron chi connectivity index (χ2n) is 10.4. The van der Waals surface area contributed by atoms with E-state index in [1.807, 2.05) is 30.3 Å². The molecule has 3 aromatic rings. The molecule has 0 spiro atoms. The number of carbonyl (C=O) groups excluding carboxylic acids is 3. The van der Waals surface area contributed by atoms with Crippen LogP contribution >= 0.6 is 0 Å². The number of methoxy groups -OCH3 is 3. The summed E-state index contributed by atoms with van der Waals surface area (Å²) in [5.41, 5.74) is 4.28. The van der Waals surface area contributed by atoms with Crippen molar-refractivity contribution in [2.75, 3.05) is 26.2 Å². The van der Waals surface area contributed by atoms with Crippen molar-refractivity contribution in [1.29, 1.82) is 0 Å². The molecule has 2 atom stereocenters. The van der Waals surface area contributed by atoms with Crippen LogP contribution in [0.3, 0.4) is 0 Å². The van der Waals surface area contributed by atoms with Gasteiger partial charge in [0, 0.05) is 37.2 Å². The maximum Gasteiger partial charge on any atom is 0.337 e. The molecule has 1 heterocycles. The molecule has 0 aromatic heterocycles. The van der Waals surface area contributed by atoms with E-state index in [0.717, 1.165) is 5.56 Å². The third kappa shape index (κ3) is 5.81. The molecule has 0 saturated heterocycles. The SMILES string of the molecule is COC(=O)c1ccc(C2C3=C(O)CC(c4ccc(OC)c(OC)c4)CC3=[NH+]c3ccccc3N2C(=O)CCC(=O)[O-])cc1. The van der Waals surface area contributed by atoms with Crippen LogP contribution in [-0.2, 0) is 14.3 Å². The monoisotopic (exact) mass is 584 g/mol. The van der Waals surface area contributed by atoms with Crippen molar-refractivity contribution in [3.05, 3.63) is 94.8 Å². The minimum atomic E-state index is -1.33. The zero-order valence-electron chi connectivity index (χ0n) is 24.1. The van der Waals surface area contributed by atoms with Crippen LogP contribution in [0.25, 0.3) is 0 Å². The number of esters is 1. The van der Waals surface area contributed by atoms with E-state index in [1.54, 1.807) is 50.6 Å². The van der Waals surface area contributed by atoms with E-state index in [1.165, 1.54) is 12.0 Å². The number of carbonyl (C=O) groups is 3. The van der Waals surface area contributed by atoms with E-state index in [4.69, 9.17) is 14.2 Å². The molecule has 0 fully saturated rings. The standard InChI is InChI=1S/C33H32N2O8/c1-41-27-13-12-21(18-28(27)42-2)22-16-24-31(26(36)17-22)32(19-8-10-20(11-9-19)33(40)43-3)35(29(37)14-15-30(38)39)25-7-5-4-6-23(25)34-24/h4-13,18,22,32,36H,14-17H2,1-3H3,(H,38,39). The van der Waals surface area contributed by atoms with Crippen LogP contribution in [-0.4, -0.2) is 50.0 Å². The normalized spacial score (nSPS) is 17.7. The van der Waals surface area contributed by atoms with Gasteiger partial charge in [0.25, 0.3) is 0 Å². The Bertz CT molecular complexity index is 1630. The summed E-state index contributed by atoms with van der Waals surface area (Å²) in [4.78, 5) is 42.3. The molecule has 1 aliphatic carbocycles. The molecule has 2 N–H and O–H groups in total. The summed E-state index contributed by atoms with van der Waals surface area (Å²) >= 11 is 0. The Morgan fingerprint density at radius 1 is 0.907 bits per heavy atom. The average molecular weight is 585 g/mol. The number of ether oxygens (including phenoxy) is 3. The second kappa shape index (κ2) is 12.4. The third-order valence-corrected chi connectivity index (χ3v) is 7.85. The smallest absolute Gasteiger partial charge is 0.337 e. The topological polar surface area (TPSA) is 139 Å². The molecule has 0 saturated carbocycles. The number of nitrogens with zero attached hydrogens (tertiary/aromatic N) is 1. The number of aliphatic hydroxyl groups excluding tert-OH is 1. The van der Waals surface area contributed by atoms with Crippen LogP contribution in [0.1, 0.15) is 59.1 Å². The van der Waals surface area contributed by atoms with E-state index < -0.39 is 30.3 Å². The molecule has 222 valence electrons. The third-order valence-electron chi connectivity index (χ3n) is 7.85. The number of fused-ring (bicyclic) bond motifs is 2. The highest BCUT2D eigenvalue weighted by molar-refractivity contribution is 6.06. The van der Waals surface area contributed by atoms with Gasteiger partial charge in [0.2, 0.25) is 11.6 Å². The molecule has 1 aliphatic heterocycles. The molecule has 1 amide bonds. The van der Waals surface area contributed by atoms with E-state index >= 15 is 0 Å². The highest BCUT2D eigenvalue weighted by Gasteiger charge is 2.43. The zero-order chi connectivity index (χ0) is 30.7. The van der Waals surface area contributed by atoms with Crippen molar-refractivity contribution < 1.29 is 43.8 Å². The fraction of sp³-hybridized carbons (Fsp3) is 0.273.